The molecule has 5 N–H and O–H groups in total. The third-order valence-electron chi connectivity index (χ3n) is 12.9. The summed E-state index contributed by atoms with van der Waals surface area (Å²) in [5.74, 6) is -7.71. The van der Waals surface area contributed by atoms with Crippen molar-refractivity contribution in [3.63, 3.8) is 0 Å². The van der Waals surface area contributed by atoms with E-state index >= 15 is 0 Å². The van der Waals surface area contributed by atoms with E-state index in [1.165, 1.54) is 37.8 Å². The smallest absolute Gasteiger partial charge is 0.329 e. The van der Waals surface area contributed by atoms with Crippen LogP contribution >= 0.6 is 0 Å². The minimum atomic E-state index is -1.55. The number of rotatable bonds is 13. The molecule has 0 radical (unpaired) electrons. The van der Waals surface area contributed by atoms with Crippen LogP contribution in [0.2, 0.25) is 0 Å². The van der Waals surface area contributed by atoms with Gasteiger partial charge in [0, 0.05) is 20.0 Å². The lowest BCUT2D eigenvalue weighted by Gasteiger charge is -2.35. The van der Waals surface area contributed by atoms with Gasteiger partial charge in [-0.05, 0) is 87.9 Å². The predicted molar refractivity (Wildman–Crippen MR) is 250 cm³/mol. The number of cyclic esters (lactones) is 2. The Kier molecular flexibility index (Phi) is 21.7. The van der Waals surface area contributed by atoms with Crippen molar-refractivity contribution in [1.82, 2.24) is 31.1 Å². The number of hydrogen-bond acceptors (Lipinski definition) is 13. The van der Waals surface area contributed by atoms with Crippen LogP contribution in [0.5, 0.6) is 5.75 Å². The maximum atomic E-state index is 14.7. The summed E-state index contributed by atoms with van der Waals surface area (Å²) in [6.07, 6.45) is -3.30. The van der Waals surface area contributed by atoms with Crippen molar-refractivity contribution in [3.8, 4) is 5.75 Å². The van der Waals surface area contributed by atoms with Crippen LogP contribution in [0.3, 0.4) is 0 Å². The Morgan fingerprint density at radius 1 is 0.910 bits per heavy atom. The molecule has 376 valence electrons. The number of carbonyl (C=O) groups excluding carboxylic acids is 8. The highest BCUT2D eigenvalue weighted by atomic mass is 16.6. The highest BCUT2D eigenvalue weighted by molar-refractivity contribution is 6.05. The second-order valence-electron chi connectivity index (χ2n) is 19.5. The molecule has 2 aliphatic heterocycles. The van der Waals surface area contributed by atoms with Gasteiger partial charge < -0.3 is 50.4 Å². The summed E-state index contributed by atoms with van der Waals surface area (Å²) in [5, 5.41) is 22.9. The molecule has 0 spiro atoms. The average Bonchev–Trinajstić information content (AvgIpc) is 3.77. The Hall–Kier alpha value is -5.10. The molecule has 3 rings (SSSR count). The molecule has 5 amide bonds. The quantitative estimate of drug-likeness (QED) is 0.142. The Morgan fingerprint density at radius 2 is 1.55 bits per heavy atom. The molecular formula is C49H78N6O12. The number of carbonyl (C=O) groups is 8. The van der Waals surface area contributed by atoms with Gasteiger partial charge in [-0.15, -0.1) is 0 Å². The van der Waals surface area contributed by atoms with E-state index in [9.17, 15) is 43.5 Å². The lowest BCUT2D eigenvalue weighted by Crippen LogP contribution is -2.61. The van der Waals surface area contributed by atoms with Crippen LogP contribution < -0.4 is 26.0 Å². The van der Waals surface area contributed by atoms with Crippen LogP contribution in [0.15, 0.2) is 24.3 Å². The van der Waals surface area contributed by atoms with Gasteiger partial charge in [0.15, 0.2) is 11.9 Å². The summed E-state index contributed by atoms with van der Waals surface area (Å²) in [6.45, 7) is 17.4. The van der Waals surface area contributed by atoms with Crippen molar-refractivity contribution in [2.24, 2.45) is 29.6 Å². The number of fused-ring (bicyclic) bond motifs is 1. The van der Waals surface area contributed by atoms with Crippen LogP contribution in [0.1, 0.15) is 113 Å². The van der Waals surface area contributed by atoms with Crippen LogP contribution in [-0.2, 0) is 54.3 Å². The number of hydrogen-bond donors (Lipinski definition) is 5. The summed E-state index contributed by atoms with van der Waals surface area (Å²) < 4.78 is 17.1. The standard InChI is InChI=1S/C49H78N6O12/c1-14-29(8)40-38(56)25-39(57)67-43(28(6)7)42(58)30(9)44(59)51-35(23-27(4)5)47(62)55-21-15-16-36(55)48(63)54(12)37(24-32-17-19-33(65-13)20-18-32)49(64)66-31(10)41(46(61)52-40)53-45(60)34(50-11)22-26(2)3/h17-20,26-31,34-38,40-41,43,50,56H,14-16,21-25H2,1-13H3,(H,51,59)(H,52,61)(H,53,60)/t29?,30?,31-,34-,35+,36-,37-,38?,40?,41-,43?/m0/s1. The van der Waals surface area contributed by atoms with E-state index in [-0.39, 0.29) is 37.6 Å². The minimum Gasteiger partial charge on any atom is -0.497 e. The van der Waals surface area contributed by atoms with Gasteiger partial charge in [0.25, 0.3) is 0 Å². The molecular weight excluding hydrogens is 865 g/mol. The molecule has 2 aliphatic rings. The molecule has 0 saturated carbocycles. The molecule has 0 aliphatic carbocycles. The molecule has 67 heavy (non-hydrogen) atoms. The zero-order valence-electron chi connectivity index (χ0n) is 41.9. The highest BCUT2D eigenvalue weighted by Crippen LogP contribution is 2.26. The van der Waals surface area contributed by atoms with Crippen LogP contribution in [0, 0.1) is 29.6 Å². The number of aliphatic hydroxyl groups is 1. The van der Waals surface area contributed by atoms with Crippen LogP contribution in [0.25, 0.3) is 0 Å². The van der Waals surface area contributed by atoms with Crippen molar-refractivity contribution in [2.45, 2.75) is 169 Å². The molecule has 2 saturated heterocycles. The SMILES string of the molecule is CCC(C)C1NC(=O)[C@@H](NC(=O)[C@H](CC(C)C)NC)[C@H](C)OC(=O)[C@H](Cc2ccc(OC)cc2)N(C)C(=O)[C@@H]2CCCN2C(=O)[C@@H](CC(C)C)NC(=O)C(C)C(=O)C(C(C)C)OC(=O)CC1O. The Balaban J connectivity index is 2.23. The molecule has 5 unspecified atom stereocenters. The van der Waals surface area contributed by atoms with Crippen molar-refractivity contribution in [2.75, 3.05) is 27.7 Å². The van der Waals surface area contributed by atoms with E-state index < -0.39 is 126 Å². The van der Waals surface area contributed by atoms with Gasteiger partial charge >= 0.3 is 11.9 Å². The van der Waals surface area contributed by atoms with Gasteiger partial charge in [-0.1, -0.05) is 73.9 Å². The Labute approximate surface area is 396 Å². The van der Waals surface area contributed by atoms with Crippen molar-refractivity contribution >= 4 is 47.3 Å². The zero-order valence-corrected chi connectivity index (χ0v) is 41.9. The maximum absolute atomic E-state index is 14.7. The van der Waals surface area contributed by atoms with Crippen LogP contribution in [0.4, 0.5) is 0 Å². The Morgan fingerprint density at radius 3 is 2.10 bits per heavy atom. The molecule has 1 aromatic carbocycles. The van der Waals surface area contributed by atoms with Gasteiger partial charge in [-0.2, -0.15) is 0 Å². The Bertz CT molecular complexity index is 1870. The summed E-state index contributed by atoms with van der Waals surface area (Å²) in [7, 11) is 4.56. The van der Waals surface area contributed by atoms with Gasteiger partial charge in [0.05, 0.1) is 37.6 Å². The molecule has 0 bridgehead atoms. The molecule has 11 atom stereocenters. The van der Waals surface area contributed by atoms with Crippen molar-refractivity contribution in [3.05, 3.63) is 29.8 Å². The largest absolute Gasteiger partial charge is 0.497 e. The van der Waals surface area contributed by atoms with Gasteiger partial charge in [-0.25, -0.2) is 4.79 Å². The monoisotopic (exact) mass is 943 g/mol. The number of likely N-dealkylation sites (N-methyl/N-ethyl adjacent to an activating group) is 2. The molecule has 18 heteroatoms. The van der Waals surface area contributed by atoms with Crippen LogP contribution in [-0.4, -0.2) is 144 Å². The molecule has 2 fully saturated rings. The fourth-order valence-electron chi connectivity index (χ4n) is 8.55. The van der Waals surface area contributed by atoms with Gasteiger partial charge in [0.2, 0.25) is 29.5 Å². The number of nitrogens with zero attached hydrogens (tertiary/aromatic N) is 2. The normalized spacial score (nSPS) is 27.8. The number of methoxy groups -OCH3 is 1. The zero-order chi connectivity index (χ0) is 50.4. The number of ether oxygens (including phenoxy) is 3. The van der Waals surface area contributed by atoms with Gasteiger partial charge in [-0.3, -0.25) is 33.6 Å². The van der Waals surface area contributed by atoms with Crippen molar-refractivity contribution in [1.29, 1.82) is 0 Å². The van der Waals surface area contributed by atoms with E-state index in [1.807, 2.05) is 34.6 Å². The number of aliphatic hydroxyl groups excluding tert-OH is 1. The fourth-order valence-corrected chi connectivity index (χ4v) is 8.55. The van der Waals surface area contributed by atoms with E-state index in [2.05, 4.69) is 21.3 Å². The molecule has 2 heterocycles. The van der Waals surface area contributed by atoms with Crippen molar-refractivity contribution < 1.29 is 57.7 Å². The minimum absolute atomic E-state index is 0.0500. The maximum Gasteiger partial charge on any atom is 0.329 e. The summed E-state index contributed by atoms with van der Waals surface area (Å²) in [6, 6.07) is 0.0322. The lowest BCUT2D eigenvalue weighted by atomic mass is 9.91. The first-order valence-corrected chi connectivity index (χ1v) is 23.9. The van der Waals surface area contributed by atoms with E-state index in [4.69, 9.17) is 14.2 Å². The second-order valence-corrected chi connectivity index (χ2v) is 19.5. The summed E-state index contributed by atoms with van der Waals surface area (Å²) in [4.78, 5) is 116. The van der Waals surface area contributed by atoms with E-state index in [1.54, 1.807) is 52.1 Å². The average molecular weight is 943 g/mol. The topological polar surface area (TPSA) is 239 Å². The number of Topliss-reactive ketones (excluding diaryl/α,β-unsaturated/α-hetero) is 1. The number of ketones is 1. The lowest BCUT2D eigenvalue weighted by molar-refractivity contribution is -0.163. The first-order valence-electron chi connectivity index (χ1n) is 23.9. The summed E-state index contributed by atoms with van der Waals surface area (Å²) in [5.41, 5.74) is 0.631. The number of esters is 2. The third-order valence-corrected chi connectivity index (χ3v) is 12.9. The number of benzene rings is 1. The number of amides is 5. The molecule has 18 nitrogen and oxygen atoms in total. The van der Waals surface area contributed by atoms with E-state index in [0.29, 0.717) is 30.6 Å². The third kappa shape index (κ3) is 15.5. The van der Waals surface area contributed by atoms with E-state index in [0.717, 1.165) is 0 Å². The second kappa shape index (κ2) is 25.9. The first-order chi connectivity index (χ1) is 31.4. The van der Waals surface area contributed by atoms with Gasteiger partial charge in [0.1, 0.15) is 36.0 Å². The highest BCUT2D eigenvalue weighted by Gasteiger charge is 2.44. The summed E-state index contributed by atoms with van der Waals surface area (Å²) >= 11 is 0. The predicted octanol–water partition coefficient (Wildman–Crippen LogP) is 2.71. The first kappa shape index (κ1) is 56.2. The molecule has 0 aromatic heterocycles. The number of nitrogens with one attached hydrogen (secondary N) is 4. The fraction of sp³-hybridized carbons (Fsp3) is 0.714. The molecule has 1 aromatic rings.